The molecule has 2 aromatic rings. The van der Waals surface area contributed by atoms with Gasteiger partial charge in [-0.15, -0.1) is 0 Å². The van der Waals surface area contributed by atoms with Crippen LogP contribution in [0.25, 0.3) is 0 Å². The van der Waals surface area contributed by atoms with E-state index in [1.165, 1.54) is 6.07 Å². The lowest BCUT2D eigenvalue weighted by molar-refractivity contribution is -0.137. The van der Waals surface area contributed by atoms with Gasteiger partial charge < -0.3 is 4.90 Å². The molecule has 152 valence electrons. The Morgan fingerprint density at radius 3 is 2.18 bits per heavy atom. The number of rotatable bonds is 3. The van der Waals surface area contributed by atoms with Gasteiger partial charge in [-0.2, -0.15) is 17.5 Å². The number of alkyl halides is 3. The highest BCUT2D eigenvalue weighted by molar-refractivity contribution is 9.10. The lowest BCUT2D eigenvalue weighted by Gasteiger charge is -2.34. The summed E-state index contributed by atoms with van der Waals surface area (Å²) in [5.41, 5.74) is -0.884. The minimum Gasteiger partial charge on any atom is -0.354 e. The second-order valence-electron chi connectivity index (χ2n) is 5.99. The molecular formula is C16H13BrF5N3O2S. The maximum Gasteiger partial charge on any atom is 0.417 e. The van der Waals surface area contributed by atoms with Gasteiger partial charge in [-0.05, 0) is 40.2 Å². The van der Waals surface area contributed by atoms with Gasteiger partial charge >= 0.3 is 6.18 Å². The molecular weight excluding hydrogens is 473 g/mol. The van der Waals surface area contributed by atoms with E-state index in [4.69, 9.17) is 0 Å². The van der Waals surface area contributed by atoms with Crippen LogP contribution in [0.3, 0.4) is 0 Å². The van der Waals surface area contributed by atoms with E-state index in [1.54, 1.807) is 4.90 Å². The first-order valence-electron chi connectivity index (χ1n) is 7.93. The van der Waals surface area contributed by atoms with E-state index in [9.17, 15) is 30.4 Å². The van der Waals surface area contributed by atoms with Crippen molar-refractivity contribution in [3.63, 3.8) is 0 Å². The van der Waals surface area contributed by atoms with Crippen molar-refractivity contribution in [3.05, 3.63) is 52.1 Å². The van der Waals surface area contributed by atoms with E-state index >= 15 is 0 Å². The van der Waals surface area contributed by atoms with Crippen LogP contribution in [-0.2, 0) is 16.2 Å². The van der Waals surface area contributed by atoms with E-state index in [2.05, 4.69) is 20.9 Å². The standard InChI is InChI=1S/C16H13BrF5N3O2S/c17-11-7-13(19)14(8-12(11)18)28(26,27)25-5-3-24(4-6-25)15-2-1-10(9-23-15)16(20,21)22/h1-2,7-9H,3-6H2. The molecule has 0 aliphatic carbocycles. The Bertz CT molecular complexity index is 975. The van der Waals surface area contributed by atoms with E-state index in [-0.39, 0.29) is 36.5 Å². The van der Waals surface area contributed by atoms with Crippen LogP contribution in [0.4, 0.5) is 27.8 Å². The average Bonchev–Trinajstić information content (AvgIpc) is 2.64. The van der Waals surface area contributed by atoms with Crippen LogP contribution in [0.15, 0.2) is 39.8 Å². The summed E-state index contributed by atoms with van der Waals surface area (Å²) in [5, 5.41) is 0. The van der Waals surface area contributed by atoms with Crippen molar-refractivity contribution in [2.24, 2.45) is 0 Å². The molecule has 1 aliphatic rings. The zero-order chi connectivity index (χ0) is 20.7. The van der Waals surface area contributed by atoms with Gasteiger partial charge in [0.2, 0.25) is 10.0 Å². The summed E-state index contributed by atoms with van der Waals surface area (Å²) in [5.74, 6) is -1.72. The Morgan fingerprint density at radius 1 is 1.00 bits per heavy atom. The van der Waals surface area contributed by atoms with Gasteiger partial charge in [-0.3, -0.25) is 0 Å². The zero-order valence-corrected chi connectivity index (χ0v) is 16.5. The van der Waals surface area contributed by atoms with Crippen LogP contribution in [0.1, 0.15) is 5.56 Å². The van der Waals surface area contributed by atoms with Crippen molar-refractivity contribution in [2.75, 3.05) is 31.1 Å². The molecule has 1 aromatic carbocycles. The molecule has 0 atom stereocenters. The lowest BCUT2D eigenvalue weighted by Crippen LogP contribution is -2.49. The van der Waals surface area contributed by atoms with Crippen LogP contribution in [0.5, 0.6) is 0 Å². The predicted octanol–water partition coefficient (Wildman–Crippen LogP) is 3.65. The van der Waals surface area contributed by atoms with Crippen LogP contribution in [0.2, 0.25) is 0 Å². The highest BCUT2D eigenvalue weighted by Gasteiger charge is 2.33. The van der Waals surface area contributed by atoms with Gasteiger partial charge in [0.25, 0.3) is 0 Å². The molecule has 2 heterocycles. The van der Waals surface area contributed by atoms with Crippen molar-refractivity contribution < 1.29 is 30.4 Å². The number of nitrogens with zero attached hydrogens (tertiary/aromatic N) is 3. The molecule has 0 saturated carbocycles. The molecule has 0 amide bonds. The van der Waals surface area contributed by atoms with Crippen LogP contribution < -0.4 is 4.90 Å². The van der Waals surface area contributed by atoms with Crippen LogP contribution >= 0.6 is 15.9 Å². The SMILES string of the molecule is O=S(=O)(c1cc(F)c(Br)cc1F)N1CCN(c2ccc(C(F)(F)F)cn2)CC1. The third-order valence-corrected chi connectivity index (χ3v) is 6.75. The summed E-state index contributed by atoms with van der Waals surface area (Å²) in [4.78, 5) is 4.62. The smallest absolute Gasteiger partial charge is 0.354 e. The number of halogens is 6. The first kappa shape index (κ1) is 20.9. The Balaban J connectivity index is 1.74. The largest absolute Gasteiger partial charge is 0.417 e. The fourth-order valence-corrected chi connectivity index (χ4v) is 4.53. The predicted molar refractivity (Wildman–Crippen MR) is 94.3 cm³/mol. The third-order valence-electron chi connectivity index (χ3n) is 4.23. The Morgan fingerprint density at radius 2 is 1.64 bits per heavy atom. The monoisotopic (exact) mass is 485 g/mol. The zero-order valence-electron chi connectivity index (χ0n) is 14.0. The number of pyridine rings is 1. The molecule has 0 spiro atoms. The molecule has 1 aliphatic heterocycles. The van der Waals surface area contributed by atoms with Crippen molar-refractivity contribution in [2.45, 2.75) is 11.1 Å². The van der Waals surface area contributed by atoms with Gasteiger partial charge in [-0.25, -0.2) is 22.2 Å². The van der Waals surface area contributed by atoms with Crippen molar-refractivity contribution in [3.8, 4) is 0 Å². The number of benzene rings is 1. The normalized spacial score (nSPS) is 16.4. The number of hydrogen-bond donors (Lipinski definition) is 0. The van der Waals surface area contributed by atoms with Crippen molar-refractivity contribution >= 4 is 31.8 Å². The van der Waals surface area contributed by atoms with Crippen LogP contribution in [-0.4, -0.2) is 43.9 Å². The maximum atomic E-state index is 14.0. The van der Waals surface area contributed by atoms with Gasteiger partial charge in [0, 0.05) is 32.4 Å². The minimum absolute atomic E-state index is 0.0534. The number of aromatic nitrogens is 1. The maximum absolute atomic E-state index is 14.0. The number of piperazine rings is 1. The minimum atomic E-state index is -4.50. The molecule has 1 fully saturated rings. The fourth-order valence-electron chi connectivity index (χ4n) is 2.74. The van der Waals surface area contributed by atoms with E-state index < -0.39 is 38.3 Å². The highest BCUT2D eigenvalue weighted by Crippen LogP contribution is 2.30. The number of hydrogen-bond acceptors (Lipinski definition) is 4. The van der Waals surface area contributed by atoms with E-state index in [1.807, 2.05) is 0 Å². The third kappa shape index (κ3) is 4.13. The fraction of sp³-hybridized carbons (Fsp3) is 0.312. The lowest BCUT2D eigenvalue weighted by atomic mass is 10.2. The number of sulfonamides is 1. The van der Waals surface area contributed by atoms with Crippen molar-refractivity contribution in [1.82, 2.24) is 9.29 Å². The van der Waals surface area contributed by atoms with Gasteiger partial charge in [0.05, 0.1) is 10.0 Å². The van der Waals surface area contributed by atoms with Crippen molar-refractivity contribution in [1.29, 1.82) is 0 Å². The Hall–Kier alpha value is -1.79. The van der Waals surface area contributed by atoms with Crippen LogP contribution in [0, 0.1) is 11.6 Å². The van der Waals surface area contributed by atoms with Gasteiger partial charge in [0.1, 0.15) is 22.3 Å². The summed E-state index contributed by atoms with van der Waals surface area (Å²) in [6, 6.07) is 3.45. The summed E-state index contributed by atoms with van der Waals surface area (Å²) in [7, 11) is -4.26. The molecule has 3 rings (SSSR count). The molecule has 5 nitrogen and oxygen atoms in total. The highest BCUT2D eigenvalue weighted by atomic mass is 79.9. The quantitative estimate of drug-likeness (QED) is 0.491. The Kier molecular flexibility index (Phi) is 5.65. The van der Waals surface area contributed by atoms with Gasteiger partial charge in [-0.1, -0.05) is 0 Å². The summed E-state index contributed by atoms with van der Waals surface area (Å²) in [6.07, 6.45) is -3.79. The van der Waals surface area contributed by atoms with Gasteiger partial charge in [0.15, 0.2) is 0 Å². The molecule has 12 heteroatoms. The number of anilines is 1. The average molecular weight is 486 g/mol. The second-order valence-corrected chi connectivity index (χ2v) is 8.75. The van der Waals surface area contributed by atoms with E-state index in [0.29, 0.717) is 12.3 Å². The summed E-state index contributed by atoms with van der Waals surface area (Å²) < 4.78 is 91.6. The summed E-state index contributed by atoms with van der Waals surface area (Å²) >= 11 is 2.79. The molecule has 28 heavy (non-hydrogen) atoms. The molecule has 0 radical (unpaired) electrons. The Labute approximate surface area is 166 Å². The first-order valence-corrected chi connectivity index (χ1v) is 10.2. The molecule has 0 unspecified atom stereocenters. The molecule has 1 saturated heterocycles. The molecule has 1 aromatic heterocycles. The summed E-state index contributed by atoms with van der Waals surface area (Å²) in [6.45, 7) is 0.167. The topological polar surface area (TPSA) is 53.5 Å². The molecule has 0 bridgehead atoms. The molecule has 0 N–H and O–H groups in total. The van der Waals surface area contributed by atoms with E-state index in [0.717, 1.165) is 16.4 Å². The first-order chi connectivity index (χ1) is 13.0. The second kappa shape index (κ2) is 7.56.